The summed E-state index contributed by atoms with van der Waals surface area (Å²) in [6, 6.07) is 17.3. The Kier molecular flexibility index (Phi) is 6.63. The number of carbonyl (C=O) groups excluding carboxylic acids is 2. The van der Waals surface area contributed by atoms with Crippen molar-refractivity contribution in [2.45, 2.75) is 63.7 Å². The molecule has 0 bridgehead atoms. The Labute approximate surface area is 233 Å². The lowest BCUT2D eigenvalue weighted by Gasteiger charge is -2.45. The summed E-state index contributed by atoms with van der Waals surface area (Å²) in [5, 5.41) is 4.84. The van der Waals surface area contributed by atoms with Crippen molar-refractivity contribution in [3.63, 3.8) is 0 Å². The summed E-state index contributed by atoms with van der Waals surface area (Å²) >= 11 is 6.15. The number of carbonyl (C=O) groups is 2. The molecule has 7 nitrogen and oxygen atoms in total. The monoisotopic (exact) mass is 544 g/mol. The Hall–Kier alpha value is -3.71. The predicted octanol–water partition coefficient (Wildman–Crippen LogP) is 5.96. The standard InChI is InChI=1S/C31H33ClN4O3/c1-31(30(38)33-23-8-4-3-5-9-23)20-35-26-15-14-24(39-2)18-25(26)27(34-16-6-7-17-34)28(35)29(37)36(31)19-21-10-12-22(32)13-11-21/h6-7,10-18,23H,3-5,8-9,19-20H2,1-2H3,(H,33,38)/t31-/m1/s1. The number of aromatic nitrogens is 2. The van der Waals surface area contributed by atoms with E-state index in [4.69, 9.17) is 16.3 Å². The van der Waals surface area contributed by atoms with Crippen LogP contribution in [0.15, 0.2) is 67.0 Å². The van der Waals surface area contributed by atoms with Crippen LogP contribution in [0.1, 0.15) is 55.1 Å². The summed E-state index contributed by atoms with van der Waals surface area (Å²) in [7, 11) is 1.64. The second-order valence-electron chi connectivity index (χ2n) is 10.9. The third kappa shape index (κ3) is 4.48. The van der Waals surface area contributed by atoms with E-state index in [9.17, 15) is 9.59 Å². The van der Waals surface area contributed by atoms with Gasteiger partial charge >= 0.3 is 0 Å². The second kappa shape index (κ2) is 10.1. The van der Waals surface area contributed by atoms with Gasteiger partial charge in [0.25, 0.3) is 5.91 Å². The number of methoxy groups -OCH3 is 1. The van der Waals surface area contributed by atoms with Crippen LogP contribution < -0.4 is 10.1 Å². The van der Waals surface area contributed by atoms with E-state index in [2.05, 4.69) is 5.32 Å². The number of nitrogens with zero attached hydrogens (tertiary/aromatic N) is 3. The highest BCUT2D eigenvalue weighted by Crippen LogP contribution is 2.40. The first kappa shape index (κ1) is 25.6. The van der Waals surface area contributed by atoms with E-state index in [-0.39, 0.29) is 17.9 Å². The molecule has 2 aromatic heterocycles. The van der Waals surface area contributed by atoms with Crippen molar-refractivity contribution >= 4 is 34.3 Å². The fourth-order valence-electron chi connectivity index (χ4n) is 6.11. The smallest absolute Gasteiger partial charge is 0.273 e. The van der Waals surface area contributed by atoms with Crippen LogP contribution in [-0.4, -0.2) is 44.5 Å². The third-order valence-corrected chi connectivity index (χ3v) is 8.55. The van der Waals surface area contributed by atoms with E-state index >= 15 is 0 Å². The van der Waals surface area contributed by atoms with Gasteiger partial charge in [0.2, 0.25) is 5.91 Å². The lowest BCUT2D eigenvalue weighted by atomic mass is 9.91. The lowest BCUT2D eigenvalue weighted by Crippen LogP contribution is -2.64. The first-order valence-corrected chi connectivity index (χ1v) is 14.0. The number of nitrogens with one attached hydrogen (secondary N) is 1. The molecule has 1 N–H and O–H groups in total. The summed E-state index contributed by atoms with van der Waals surface area (Å²) in [6.07, 6.45) is 9.26. The van der Waals surface area contributed by atoms with E-state index < -0.39 is 5.54 Å². The quantitative estimate of drug-likeness (QED) is 0.326. The third-order valence-electron chi connectivity index (χ3n) is 8.30. The van der Waals surface area contributed by atoms with E-state index in [1.165, 1.54) is 6.42 Å². The number of ether oxygens (including phenoxy) is 1. The summed E-state index contributed by atoms with van der Waals surface area (Å²) in [6.45, 7) is 2.53. The minimum absolute atomic E-state index is 0.111. The molecule has 1 saturated carbocycles. The van der Waals surface area contributed by atoms with Crippen molar-refractivity contribution in [2.24, 2.45) is 0 Å². The Morgan fingerprint density at radius 2 is 1.79 bits per heavy atom. The molecule has 0 radical (unpaired) electrons. The van der Waals surface area contributed by atoms with Crippen molar-refractivity contribution < 1.29 is 14.3 Å². The Balaban J connectivity index is 1.51. The Morgan fingerprint density at radius 3 is 2.49 bits per heavy atom. The van der Waals surface area contributed by atoms with Crippen LogP contribution >= 0.6 is 11.6 Å². The van der Waals surface area contributed by atoms with Gasteiger partial charge in [-0.2, -0.15) is 0 Å². The van der Waals surface area contributed by atoms with E-state index in [0.717, 1.165) is 47.8 Å². The molecule has 1 atom stereocenters. The molecule has 0 unspecified atom stereocenters. The maximum absolute atomic E-state index is 14.6. The van der Waals surface area contributed by atoms with Crippen LogP contribution in [0.25, 0.3) is 16.6 Å². The minimum atomic E-state index is -1.10. The van der Waals surface area contributed by atoms with Gasteiger partial charge < -0.3 is 24.1 Å². The van der Waals surface area contributed by atoms with Gasteiger partial charge in [0.1, 0.15) is 17.0 Å². The Morgan fingerprint density at radius 1 is 1.08 bits per heavy atom. The number of halogens is 1. The molecule has 8 heteroatoms. The number of amides is 2. The van der Waals surface area contributed by atoms with Gasteiger partial charge in [-0.15, -0.1) is 0 Å². The normalized spacial score (nSPS) is 19.8. The van der Waals surface area contributed by atoms with E-state index in [0.29, 0.717) is 29.6 Å². The van der Waals surface area contributed by atoms with E-state index in [1.54, 1.807) is 12.0 Å². The molecule has 1 fully saturated rings. The number of benzene rings is 2. The van der Waals surface area contributed by atoms with E-state index in [1.807, 2.05) is 83.0 Å². The molecule has 6 rings (SSSR count). The second-order valence-corrected chi connectivity index (χ2v) is 11.3. The molecule has 1 aliphatic heterocycles. The number of hydrogen-bond donors (Lipinski definition) is 1. The number of hydrogen-bond acceptors (Lipinski definition) is 3. The highest BCUT2D eigenvalue weighted by atomic mass is 35.5. The zero-order valence-electron chi connectivity index (χ0n) is 22.3. The molecule has 2 aromatic carbocycles. The average Bonchev–Trinajstić information content (AvgIpc) is 3.58. The zero-order chi connectivity index (χ0) is 27.1. The lowest BCUT2D eigenvalue weighted by molar-refractivity contribution is -0.134. The summed E-state index contributed by atoms with van der Waals surface area (Å²) in [5.41, 5.74) is 2.06. The summed E-state index contributed by atoms with van der Waals surface area (Å²) in [4.78, 5) is 30.4. The van der Waals surface area contributed by atoms with Crippen LogP contribution in [0.3, 0.4) is 0 Å². The van der Waals surface area contributed by atoms with Crippen LogP contribution in [0.2, 0.25) is 5.02 Å². The van der Waals surface area contributed by atoms with Gasteiger partial charge in [-0.05, 0) is 67.8 Å². The van der Waals surface area contributed by atoms with Crippen molar-refractivity contribution in [3.05, 3.63) is 83.3 Å². The van der Waals surface area contributed by atoms with Crippen LogP contribution in [0.5, 0.6) is 5.75 Å². The van der Waals surface area contributed by atoms with Gasteiger partial charge in [0.05, 0.1) is 24.9 Å². The number of fused-ring (bicyclic) bond motifs is 3. The molecule has 0 spiro atoms. The maximum Gasteiger partial charge on any atom is 0.273 e. The van der Waals surface area contributed by atoms with Crippen molar-refractivity contribution in [1.29, 1.82) is 0 Å². The Bertz CT molecular complexity index is 1520. The summed E-state index contributed by atoms with van der Waals surface area (Å²) in [5.74, 6) is 0.415. The molecule has 4 aromatic rings. The first-order valence-electron chi connectivity index (χ1n) is 13.6. The fourth-order valence-corrected chi connectivity index (χ4v) is 6.24. The highest BCUT2D eigenvalue weighted by Gasteiger charge is 2.49. The van der Waals surface area contributed by atoms with Crippen molar-refractivity contribution in [1.82, 2.24) is 19.4 Å². The molecular formula is C31H33ClN4O3. The average molecular weight is 545 g/mol. The fraction of sp³-hybridized carbons (Fsp3) is 0.355. The first-order chi connectivity index (χ1) is 18.9. The summed E-state index contributed by atoms with van der Waals surface area (Å²) < 4.78 is 9.53. The molecule has 3 heterocycles. The molecule has 0 saturated heterocycles. The van der Waals surface area contributed by atoms with Crippen LogP contribution in [0, 0.1) is 0 Å². The topological polar surface area (TPSA) is 68.5 Å². The predicted molar refractivity (Wildman–Crippen MR) is 153 cm³/mol. The molecule has 1 aliphatic carbocycles. The van der Waals surface area contributed by atoms with Crippen LogP contribution in [-0.2, 0) is 17.9 Å². The molecule has 202 valence electrons. The number of rotatable bonds is 6. The van der Waals surface area contributed by atoms with Gasteiger partial charge in [-0.3, -0.25) is 9.59 Å². The van der Waals surface area contributed by atoms with Gasteiger partial charge in [-0.1, -0.05) is 43.0 Å². The SMILES string of the molecule is COc1ccc2c(c1)c(-n1cccc1)c1n2C[C@](C)(C(=O)NC2CCCCC2)N(Cc2ccc(Cl)cc2)C1=O. The largest absolute Gasteiger partial charge is 0.497 e. The van der Waals surface area contributed by atoms with Crippen LogP contribution in [0.4, 0.5) is 0 Å². The highest BCUT2D eigenvalue weighted by molar-refractivity contribution is 6.30. The van der Waals surface area contributed by atoms with Gasteiger partial charge in [-0.25, -0.2) is 0 Å². The zero-order valence-corrected chi connectivity index (χ0v) is 23.1. The molecule has 2 amide bonds. The molecular weight excluding hydrogens is 512 g/mol. The van der Waals surface area contributed by atoms with Gasteiger partial charge in [0, 0.05) is 35.4 Å². The minimum Gasteiger partial charge on any atom is -0.497 e. The van der Waals surface area contributed by atoms with Crippen molar-refractivity contribution in [3.8, 4) is 11.4 Å². The van der Waals surface area contributed by atoms with Gasteiger partial charge in [0.15, 0.2) is 0 Å². The molecule has 2 aliphatic rings. The molecule has 39 heavy (non-hydrogen) atoms. The maximum atomic E-state index is 14.6. The van der Waals surface area contributed by atoms with Crippen molar-refractivity contribution in [2.75, 3.05) is 7.11 Å².